The van der Waals surface area contributed by atoms with Crippen molar-refractivity contribution >= 4 is 41.2 Å². The lowest BCUT2D eigenvalue weighted by atomic mass is 10.2. The Hall–Kier alpha value is -2.22. The minimum atomic E-state index is 0.571. The molecule has 3 aromatic rings. The van der Waals surface area contributed by atoms with E-state index in [0.29, 0.717) is 44.9 Å². The van der Waals surface area contributed by atoms with Crippen molar-refractivity contribution in [3.8, 4) is 11.5 Å². The summed E-state index contributed by atoms with van der Waals surface area (Å²) in [6, 6.07) is 11.1. The number of halogens is 2. The second-order valence-corrected chi connectivity index (χ2v) is 7.74. The summed E-state index contributed by atoms with van der Waals surface area (Å²) in [7, 11) is 1.61. The Bertz CT molecular complexity index is 1020. The summed E-state index contributed by atoms with van der Waals surface area (Å²) in [5.41, 5.74) is 1.84. The van der Waals surface area contributed by atoms with Gasteiger partial charge in [0, 0.05) is 15.8 Å². The number of hydrogen-bond donors (Lipinski definition) is 0. The van der Waals surface area contributed by atoms with Crippen molar-refractivity contribution in [3.63, 3.8) is 0 Å². The molecule has 0 saturated carbocycles. The smallest absolute Gasteiger partial charge is 0.212 e. The first-order valence-corrected chi connectivity index (χ1v) is 10.6. The molecule has 152 valence electrons. The molecular weight excluding hydrogens is 431 g/mol. The first kappa shape index (κ1) is 21.5. The average molecular weight is 451 g/mol. The summed E-state index contributed by atoms with van der Waals surface area (Å²) in [6.07, 6.45) is 1.73. The molecule has 0 aliphatic rings. The van der Waals surface area contributed by atoms with E-state index in [1.54, 1.807) is 24.1 Å². The van der Waals surface area contributed by atoms with Crippen LogP contribution in [0.2, 0.25) is 10.0 Å². The van der Waals surface area contributed by atoms with Crippen LogP contribution in [0.15, 0.2) is 46.7 Å². The SMILES string of the molecule is CCOc1ccc(/C=N/n2c(C)nnc2SCc2ccc(Cl)cc2Cl)cc1OC. The number of nitrogens with zero attached hydrogens (tertiary/aromatic N) is 4. The predicted octanol–water partition coefficient (Wildman–Crippen LogP) is 5.48. The van der Waals surface area contributed by atoms with E-state index in [0.717, 1.165) is 11.1 Å². The minimum Gasteiger partial charge on any atom is -0.493 e. The molecule has 1 heterocycles. The molecule has 6 nitrogen and oxygen atoms in total. The molecule has 0 aliphatic carbocycles. The normalized spacial score (nSPS) is 11.2. The van der Waals surface area contributed by atoms with Crippen LogP contribution >= 0.6 is 35.0 Å². The van der Waals surface area contributed by atoms with Gasteiger partial charge in [-0.3, -0.25) is 0 Å². The van der Waals surface area contributed by atoms with E-state index >= 15 is 0 Å². The second kappa shape index (κ2) is 10.0. The zero-order chi connectivity index (χ0) is 20.8. The van der Waals surface area contributed by atoms with Gasteiger partial charge in [-0.1, -0.05) is 41.0 Å². The number of rotatable bonds is 8. The molecule has 0 atom stereocenters. The highest BCUT2D eigenvalue weighted by molar-refractivity contribution is 7.98. The third kappa shape index (κ3) is 5.44. The monoisotopic (exact) mass is 450 g/mol. The number of ether oxygens (including phenoxy) is 2. The Labute approximate surface area is 183 Å². The zero-order valence-corrected chi connectivity index (χ0v) is 18.6. The van der Waals surface area contributed by atoms with Gasteiger partial charge in [-0.25, -0.2) is 0 Å². The molecule has 0 N–H and O–H groups in total. The van der Waals surface area contributed by atoms with Crippen LogP contribution in [-0.4, -0.2) is 34.8 Å². The Balaban J connectivity index is 1.77. The summed E-state index contributed by atoms with van der Waals surface area (Å²) in [5, 5.41) is 14.8. The fraction of sp³-hybridized carbons (Fsp3) is 0.250. The molecule has 0 bridgehead atoms. The maximum absolute atomic E-state index is 6.25. The number of hydrogen-bond acceptors (Lipinski definition) is 6. The number of benzene rings is 2. The van der Waals surface area contributed by atoms with Crippen LogP contribution in [-0.2, 0) is 5.75 Å². The summed E-state index contributed by atoms with van der Waals surface area (Å²) in [5.74, 6) is 2.66. The lowest BCUT2D eigenvalue weighted by Gasteiger charge is -2.09. The highest BCUT2D eigenvalue weighted by Crippen LogP contribution is 2.29. The minimum absolute atomic E-state index is 0.571. The molecule has 9 heteroatoms. The van der Waals surface area contributed by atoms with Crippen LogP contribution in [0, 0.1) is 6.92 Å². The average Bonchev–Trinajstić information content (AvgIpc) is 3.06. The van der Waals surface area contributed by atoms with Gasteiger partial charge in [0.15, 0.2) is 17.3 Å². The Morgan fingerprint density at radius 2 is 1.97 bits per heavy atom. The highest BCUT2D eigenvalue weighted by Gasteiger charge is 2.11. The zero-order valence-electron chi connectivity index (χ0n) is 16.2. The van der Waals surface area contributed by atoms with E-state index in [2.05, 4.69) is 15.3 Å². The number of aryl methyl sites for hydroxylation is 1. The lowest BCUT2D eigenvalue weighted by molar-refractivity contribution is 0.311. The third-order valence-corrected chi connectivity index (χ3v) is 5.50. The molecule has 29 heavy (non-hydrogen) atoms. The quantitative estimate of drug-likeness (QED) is 0.336. The molecule has 0 unspecified atom stereocenters. The molecule has 0 saturated heterocycles. The molecule has 0 fully saturated rings. The van der Waals surface area contributed by atoms with Crippen molar-refractivity contribution in [1.29, 1.82) is 0 Å². The first-order valence-electron chi connectivity index (χ1n) is 8.85. The Morgan fingerprint density at radius 1 is 1.14 bits per heavy atom. The van der Waals surface area contributed by atoms with Gasteiger partial charge in [-0.2, -0.15) is 9.78 Å². The summed E-state index contributed by atoms with van der Waals surface area (Å²) >= 11 is 13.7. The van der Waals surface area contributed by atoms with Gasteiger partial charge in [-0.15, -0.1) is 10.2 Å². The highest BCUT2D eigenvalue weighted by atomic mass is 35.5. The van der Waals surface area contributed by atoms with Crippen molar-refractivity contribution in [3.05, 3.63) is 63.4 Å². The Kier molecular flexibility index (Phi) is 7.41. The summed E-state index contributed by atoms with van der Waals surface area (Å²) in [6.45, 7) is 4.35. The van der Waals surface area contributed by atoms with Gasteiger partial charge in [0.2, 0.25) is 5.16 Å². The predicted molar refractivity (Wildman–Crippen MR) is 118 cm³/mol. The van der Waals surface area contributed by atoms with Crippen molar-refractivity contribution in [2.75, 3.05) is 13.7 Å². The fourth-order valence-corrected chi connectivity index (χ4v) is 4.00. The summed E-state index contributed by atoms with van der Waals surface area (Å²) < 4.78 is 12.6. The van der Waals surface area contributed by atoms with Crippen LogP contribution < -0.4 is 9.47 Å². The van der Waals surface area contributed by atoms with E-state index in [4.69, 9.17) is 32.7 Å². The van der Waals surface area contributed by atoms with E-state index in [1.165, 1.54) is 11.8 Å². The maximum Gasteiger partial charge on any atom is 0.212 e. The number of methoxy groups -OCH3 is 1. The summed E-state index contributed by atoms with van der Waals surface area (Å²) in [4.78, 5) is 0. The molecule has 2 aromatic carbocycles. The maximum atomic E-state index is 6.25. The molecule has 0 amide bonds. The fourth-order valence-electron chi connectivity index (χ4n) is 2.51. The molecule has 3 rings (SSSR count). The van der Waals surface area contributed by atoms with Crippen molar-refractivity contribution in [2.24, 2.45) is 5.10 Å². The van der Waals surface area contributed by atoms with Gasteiger partial charge in [0.25, 0.3) is 0 Å². The number of aromatic nitrogens is 3. The van der Waals surface area contributed by atoms with Crippen molar-refractivity contribution in [1.82, 2.24) is 14.9 Å². The van der Waals surface area contributed by atoms with Crippen molar-refractivity contribution < 1.29 is 9.47 Å². The Morgan fingerprint density at radius 3 is 2.69 bits per heavy atom. The van der Waals surface area contributed by atoms with Crippen LogP contribution in [0.25, 0.3) is 0 Å². The third-order valence-electron chi connectivity index (χ3n) is 3.95. The van der Waals surface area contributed by atoms with E-state index in [-0.39, 0.29) is 0 Å². The van der Waals surface area contributed by atoms with Gasteiger partial charge in [0.1, 0.15) is 0 Å². The van der Waals surface area contributed by atoms with Crippen LogP contribution in [0.1, 0.15) is 23.9 Å². The van der Waals surface area contributed by atoms with Crippen LogP contribution in [0.5, 0.6) is 11.5 Å². The van der Waals surface area contributed by atoms with E-state index in [1.807, 2.05) is 44.2 Å². The molecule has 0 spiro atoms. The van der Waals surface area contributed by atoms with Gasteiger partial charge in [-0.05, 0) is 55.3 Å². The van der Waals surface area contributed by atoms with Gasteiger partial charge < -0.3 is 9.47 Å². The largest absolute Gasteiger partial charge is 0.493 e. The second-order valence-electron chi connectivity index (χ2n) is 5.95. The lowest BCUT2D eigenvalue weighted by Crippen LogP contribution is -1.98. The van der Waals surface area contributed by atoms with Crippen molar-refractivity contribution in [2.45, 2.75) is 24.8 Å². The standard InChI is InChI=1S/C20H20Cl2N4O2S/c1-4-28-18-8-5-14(9-19(18)27-3)11-23-26-13(2)24-25-20(26)29-12-15-6-7-16(21)10-17(15)22/h5-11H,4,12H2,1-3H3/b23-11+. The van der Waals surface area contributed by atoms with Gasteiger partial charge in [0.05, 0.1) is 19.9 Å². The molecular formula is C20H20Cl2N4O2S. The van der Waals surface area contributed by atoms with E-state index < -0.39 is 0 Å². The number of thioether (sulfide) groups is 1. The topological polar surface area (TPSA) is 61.5 Å². The first-order chi connectivity index (χ1) is 14.0. The van der Waals surface area contributed by atoms with Crippen LogP contribution in [0.4, 0.5) is 0 Å². The van der Waals surface area contributed by atoms with Crippen LogP contribution in [0.3, 0.4) is 0 Å². The molecule has 0 aliphatic heterocycles. The van der Waals surface area contributed by atoms with Gasteiger partial charge >= 0.3 is 0 Å². The van der Waals surface area contributed by atoms with E-state index in [9.17, 15) is 0 Å². The molecule has 1 aromatic heterocycles. The molecule has 0 radical (unpaired) electrons.